The van der Waals surface area contributed by atoms with Gasteiger partial charge in [0, 0.05) is 36.6 Å². The number of anilines is 1. The highest BCUT2D eigenvalue weighted by molar-refractivity contribution is 7.92. The van der Waals surface area contributed by atoms with Crippen molar-refractivity contribution in [3.63, 3.8) is 0 Å². The molecule has 1 aliphatic heterocycles. The Morgan fingerprint density at radius 1 is 0.909 bits per heavy atom. The molecule has 10 heteroatoms. The highest BCUT2D eigenvalue weighted by atomic mass is 32.2. The van der Waals surface area contributed by atoms with Gasteiger partial charge in [-0.15, -0.1) is 0 Å². The van der Waals surface area contributed by atoms with Gasteiger partial charge in [0.1, 0.15) is 17.9 Å². The average Bonchev–Trinajstić information content (AvgIpc) is 3.26. The van der Waals surface area contributed by atoms with Gasteiger partial charge < -0.3 is 18.8 Å². The maximum Gasteiger partial charge on any atom is 0.262 e. The molecule has 9 nitrogen and oxygen atoms in total. The highest BCUT2D eigenvalue weighted by Crippen LogP contribution is 2.32. The molecule has 0 saturated heterocycles. The van der Waals surface area contributed by atoms with Crippen LogP contribution in [-0.4, -0.2) is 36.2 Å². The lowest BCUT2D eigenvalue weighted by atomic mass is 10.3. The van der Waals surface area contributed by atoms with Gasteiger partial charge in [0.25, 0.3) is 10.0 Å². The second-order valence-corrected chi connectivity index (χ2v) is 8.88. The van der Waals surface area contributed by atoms with Crippen LogP contribution in [0.2, 0.25) is 0 Å². The van der Waals surface area contributed by atoms with Crippen LogP contribution in [0.4, 0.5) is 5.69 Å². The Bertz CT molecular complexity index is 1360. The molecule has 0 unspecified atom stereocenters. The topological polar surface area (TPSA) is 105 Å². The Balaban J connectivity index is 1.29. The molecule has 2 aromatic carbocycles. The third kappa shape index (κ3) is 4.75. The minimum absolute atomic E-state index is 0.0885. The second-order valence-electron chi connectivity index (χ2n) is 7.20. The predicted octanol–water partition coefficient (Wildman–Crippen LogP) is 4.02. The Morgan fingerprint density at radius 2 is 1.67 bits per heavy atom. The monoisotopic (exact) mass is 464 g/mol. The van der Waals surface area contributed by atoms with Gasteiger partial charge in [-0.1, -0.05) is 0 Å². The summed E-state index contributed by atoms with van der Waals surface area (Å²) < 4.78 is 47.0. The lowest BCUT2D eigenvalue weighted by molar-refractivity contribution is 0.297. The van der Waals surface area contributed by atoms with Crippen LogP contribution in [0, 0.1) is 0 Å². The maximum atomic E-state index is 12.8. The fourth-order valence-electron chi connectivity index (χ4n) is 3.25. The van der Waals surface area contributed by atoms with Crippen LogP contribution in [0.5, 0.6) is 23.1 Å². The third-order valence-electron chi connectivity index (χ3n) is 4.85. The lowest BCUT2D eigenvalue weighted by Crippen LogP contribution is -2.13. The molecule has 0 fully saturated rings. The number of nitrogens with zero attached hydrogens (tertiary/aromatic N) is 3. The van der Waals surface area contributed by atoms with Crippen molar-refractivity contribution in [2.45, 2.75) is 11.3 Å². The van der Waals surface area contributed by atoms with Crippen LogP contribution in [0.1, 0.15) is 6.42 Å². The van der Waals surface area contributed by atoms with Crippen molar-refractivity contribution in [1.82, 2.24) is 14.5 Å². The Morgan fingerprint density at radius 3 is 2.45 bits per heavy atom. The molecule has 0 saturated carbocycles. The van der Waals surface area contributed by atoms with Crippen molar-refractivity contribution in [1.29, 1.82) is 0 Å². The summed E-state index contributed by atoms with van der Waals surface area (Å²) in [6.45, 7) is 1.01. The van der Waals surface area contributed by atoms with Crippen LogP contribution in [0.25, 0.3) is 5.82 Å². The molecule has 4 aromatic rings. The first-order valence-electron chi connectivity index (χ1n) is 10.2. The zero-order chi connectivity index (χ0) is 22.7. The first-order chi connectivity index (χ1) is 16.1. The van der Waals surface area contributed by atoms with Crippen LogP contribution in [0.15, 0.2) is 84.3 Å². The van der Waals surface area contributed by atoms with Gasteiger partial charge in [0.05, 0.1) is 18.1 Å². The van der Waals surface area contributed by atoms with Crippen molar-refractivity contribution in [2.75, 3.05) is 17.9 Å². The average molecular weight is 465 g/mol. The second kappa shape index (κ2) is 8.83. The number of rotatable bonds is 6. The summed E-state index contributed by atoms with van der Waals surface area (Å²) in [5.74, 6) is 2.50. The normalized spacial score (nSPS) is 13.2. The number of aromatic nitrogens is 3. The summed E-state index contributed by atoms with van der Waals surface area (Å²) in [7, 11) is -3.81. The molecule has 3 heterocycles. The highest BCUT2D eigenvalue weighted by Gasteiger charge is 2.19. The molecule has 168 valence electrons. The van der Waals surface area contributed by atoms with E-state index in [2.05, 4.69) is 14.7 Å². The SMILES string of the molecule is O=S(=O)(Nc1ccc(Oc2cc(-n3cccc3)ncn2)cc1)c1ccc2c(c1)OCCCO2. The predicted molar refractivity (Wildman–Crippen MR) is 121 cm³/mol. The van der Waals surface area contributed by atoms with Crippen LogP contribution in [0.3, 0.4) is 0 Å². The fourth-order valence-corrected chi connectivity index (χ4v) is 4.32. The van der Waals surface area contributed by atoms with Gasteiger partial charge in [-0.3, -0.25) is 4.72 Å². The van der Waals surface area contributed by atoms with E-state index in [0.717, 1.165) is 6.42 Å². The summed E-state index contributed by atoms with van der Waals surface area (Å²) >= 11 is 0. The largest absolute Gasteiger partial charge is 0.490 e. The van der Waals surface area contributed by atoms with Gasteiger partial charge in [-0.2, -0.15) is 0 Å². The number of fused-ring (bicyclic) bond motifs is 1. The third-order valence-corrected chi connectivity index (χ3v) is 6.23. The molecule has 1 aliphatic rings. The minimum atomic E-state index is -3.81. The Labute approximate surface area is 190 Å². The summed E-state index contributed by atoms with van der Waals surface area (Å²) in [5, 5.41) is 0. The summed E-state index contributed by atoms with van der Waals surface area (Å²) in [6.07, 6.45) is 5.90. The molecule has 0 radical (unpaired) electrons. The number of hydrogen-bond donors (Lipinski definition) is 1. The first-order valence-corrected chi connectivity index (χ1v) is 11.7. The van der Waals surface area contributed by atoms with Crippen molar-refractivity contribution in [2.24, 2.45) is 0 Å². The zero-order valence-corrected chi connectivity index (χ0v) is 18.2. The molecule has 2 aromatic heterocycles. The summed E-state index contributed by atoms with van der Waals surface area (Å²) in [4.78, 5) is 8.43. The molecule has 0 atom stereocenters. The Hall–Kier alpha value is -4.05. The first kappa shape index (κ1) is 20.8. The van der Waals surface area contributed by atoms with Crippen LogP contribution < -0.4 is 18.9 Å². The molecule has 0 bridgehead atoms. The van der Waals surface area contributed by atoms with E-state index in [1.807, 2.05) is 29.1 Å². The quantitative estimate of drug-likeness (QED) is 0.459. The smallest absolute Gasteiger partial charge is 0.262 e. The standard InChI is InChI=1S/C23H20N4O5S/c28-33(29,19-8-9-20-21(14-19)31-13-3-12-30-20)26-17-4-6-18(7-5-17)32-23-15-22(24-16-25-23)27-10-1-2-11-27/h1-2,4-11,14-16,26H,3,12-13H2. The molecule has 33 heavy (non-hydrogen) atoms. The van der Waals surface area contributed by atoms with Gasteiger partial charge in [0.2, 0.25) is 5.88 Å². The molecule has 5 rings (SSSR count). The van der Waals surface area contributed by atoms with E-state index in [9.17, 15) is 8.42 Å². The molecular weight excluding hydrogens is 444 g/mol. The fraction of sp³-hybridized carbons (Fsp3) is 0.130. The maximum absolute atomic E-state index is 12.8. The van der Waals surface area contributed by atoms with Gasteiger partial charge in [-0.05, 0) is 48.5 Å². The lowest BCUT2D eigenvalue weighted by Gasteiger charge is -2.12. The van der Waals surface area contributed by atoms with Crippen molar-refractivity contribution < 1.29 is 22.6 Å². The van der Waals surface area contributed by atoms with E-state index in [-0.39, 0.29) is 4.90 Å². The number of hydrogen-bond acceptors (Lipinski definition) is 7. The number of benzene rings is 2. The van der Waals surface area contributed by atoms with Gasteiger partial charge in [0.15, 0.2) is 11.5 Å². The molecular formula is C23H20N4O5S. The number of sulfonamides is 1. The van der Waals surface area contributed by atoms with E-state index < -0.39 is 10.0 Å². The van der Waals surface area contributed by atoms with E-state index in [1.54, 1.807) is 36.4 Å². The molecule has 0 aliphatic carbocycles. The van der Waals surface area contributed by atoms with Crippen LogP contribution in [-0.2, 0) is 10.0 Å². The Kier molecular flexibility index (Phi) is 5.57. The van der Waals surface area contributed by atoms with Gasteiger partial charge in [-0.25, -0.2) is 18.4 Å². The van der Waals surface area contributed by atoms with Crippen molar-refractivity contribution in [3.8, 4) is 28.9 Å². The molecule has 1 N–H and O–H groups in total. The van der Waals surface area contributed by atoms with Crippen molar-refractivity contribution >= 4 is 15.7 Å². The molecule has 0 spiro atoms. The van der Waals surface area contributed by atoms with E-state index in [4.69, 9.17) is 14.2 Å². The van der Waals surface area contributed by atoms with Crippen LogP contribution >= 0.6 is 0 Å². The minimum Gasteiger partial charge on any atom is -0.490 e. The summed E-state index contributed by atoms with van der Waals surface area (Å²) in [5.41, 5.74) is 0.394. The summed E-state index contributed by atoms with van der Waals surface area (Å²) in [6, 6.07) is 16.6. The van der Waals surface area contributed by atoms with Crippen molar-refractivity contribution in [3.05, 3.63) is 79.4 Å². The van der Waals surface area contributed by atoms with E-state index in [0.29, 0.717) is 47.8 Å². The molecule has 0 amide bonds. The number of nitrogens with one attached hydrogen (secondary N) is 1. The van der Waals surface area contributed by atoms with E-state index >= 15 is 0 Å². The number of ether oxygens (including phenoxy) is 3. The van der Waals surface area contributed by atoms with E-state index in [1.165, 1.54) is 18.5 Å². The van der Waals surface area contributed by atoms with Gasteiger partial charge >= 0.3 is 0 Å². The zero-order valence-electron chi connectivity index (χ0n) is 17.4.